The minimum atomic E-state index is 0. The van der Waals surface area contributed by atoms with E-state index in [9.17, 15) is 0 Å². The van der Waals surface area contributed by atoms with E-state index >= 15 is 0 Å². The van der Waals surface area contributed by atoms with Gasteiger partial charge in [-0.3, -0.25) is 0 Å². The largest absolute Gasteiger partial charge is 0.376 e. The smallest absolute Gasteiger partial charge is 0.0748 e. The van der Waals surface area contributed by atoms with Crippen molar-refractivity contribution in [3.8, 4) is 0 Å². The Morgan fingerprint density at radius 3 is 2.40 bits per heavy atom. The zero-order chi connectivity index (χ0) is 6.91. The van der Waals surface area contributed by atoms with Gasteiger partial charge in [-0.1, -0.05) is 13.8 Å². The van der Waals surface area contributed by atoms with Gasteiger partial charge in [-0.15, -0.1) is 12.4 Å². The summed E-state index contributed by atoms with van der Waals surface area (Å²) in [6.07, 6.45) is 1.44. The number of nitrogens with two attached hydrogens (primary N) is 1. The van der Waals surface area contributed by atoms with E-state index in [1.165, 1.54) is 0 Å². The Hall–Kier alpha value is 0.210. The second kappa shape index (κ2) is 3.56. The molecule has 3 heteroatoms. The standard InChI is InChI=1S/C7H15NO.ClH/c1-7(2)3-4-9-6(7)5-8;/h6H,3-5,8H2,1-2H3;1H/t6-;/m0./s1. The molecule has 1 atom stereocenters. The third kappa shape index (κ3) is 1.84. The predicted molar refractivity (Wildman–Crippen MR) is 44.4 cm³/mol. The second-order valence-corrected chi connectivity index (χ2v) is 3.33. The van der Waals surface area contributed by atoms with Crippen LogP contribution in [0.3, 0.4) is 0 Å². The van der Waals surface area contributed by atoms with Gasteiger partial charge in [-0.05, 0) is 11.8 Å². The van der Waals surface area contributed by atoms with Gasteiger partial charge in [-0.2, -0.15) is 0 Å². The molecule has 1 aliphatic rings. The van der Waals surface area contributed by atoms with Gasteiger partial charge in [0.2, 0.25) is 0 Å². The first-order valence-electron chi connectivity index (χ1n) is 3.48. The van der Waals surface area contributed by atoms with E-state index in [1.54, 1.807) is 0 Å². The van der Waals surface area contributed by atoms with Gasteiger partial charge in [-0.25, -0.2) is 0 Å². The van der Waals surface area contributed by atoms with E-state index < -0.39 is 0 Å². The fourth-order valence-corrected chi connectivity index (χ4v) is 1.24. The average Bonchev–Trinajstić information content (AvgIpc) is 2.08. The summed E-state index contributed by atoms with van der Waals surface area (Å²) in [5.74, 6) is 0. The highest BCUT2D eigenvalue weighted by Gasteiger charge is 2.34. The van der Waals surface area contributed by atoms with Crippen LogP contribution in [0.15, 0.2) is 0 Å². The first-order valence-corrected chi connectivity index (χ1v) is 3.48. The van der Waals surface area contributed by atoms with Gasteiger partial charge in [0.1, 0.15) is 0 Å². The summed E-state index contributed by atoms with van der Waals surface area (Å²) in [6, 6.07) is 0. The van der Waals surface area contributed by atoms with Crippen molar-refractivity contribution in [1.82, 2.24) is 0 Å². The van der Waals surface area contributed by atoms with E-state index in [1.807, 2.05) is 0 Å². The van der Waals surface area contributed by atoms with E-state index in [2.05, 4.69) is 13.8 Å². The maximum atomic E-state index is 5.48. The quantitative estimate of drug-likeness (QED) is 0.634. The highest BCUT2D eigenvalue weighted by molar-refractivity contribution is 5.85. The average molecular weight is 166 g/mol. The SMILES string of the molecule is CC1(C)CCO[C@H]1CN.Cl. The lowest BCUT2D eigenvalue weighted by Gasteiger charge is -2.23. The van der Waals surface area contributed by atoms with Gasteiger partial charge >= 0.3 is 0 Å². The van der Waals surface area contributed by atoms with Crippen LogP contribution in [0.1, 0.15) is 20.3 Å². The van der Waals surface area contributed by atoms with E-state index in [-0.39, 0.29) is 18.5 Å². The lowest BCUT2D eigenvalue weighted by molar-refractivity contribution is 0.0713. The van der Waals surface area contributed by atoms with Crippen molar-refractivity contribution in [3.05, 3.63) is 0 Å². The van der Waals surface area contributed by atoms with Gasteiger partial charge < -0.3 is 10.5 Å². The molecule has 0 aromatic rings. The number of halogens is 1. The summed E-state index contributed by atoms with van der Waals surface area (Å²) in [6.45, 7) is 5.96. The van der Waals surface area contributed by atoms with Crippen molar-refractivity contribution < 1.29 is 4.74 Å². The van der Waals surface area contributed by atoms with E-state index in [4.69, 9.17) is 10.5 Å². The number of rotatable bonds is 1. The van der Waals surface area contributed by atoms with Crippen molar-refractivity contribution in [3.63, 3.8) is 0 Å². The number of hydrogen-bond donors (Lipinski definition) is 1. The Balaban J connectivity index is 0.000000810. The van der Waals surface area contributed by atoms with Crippen LogP contribution in [-0.2, 0) is 4.74 Å². The molecule has 2 nitrogen and oxygen atoms in total. The normalized spacial score (nSPS) is 29.7. The van der Waals surface area contributed by atoms with Gasteiger partial charge in [0.15, 0.2) is 0 Å². The van der Waals surface area contributed by atoms with Crippen molar-refractivity contribution in [2.75, 3.05) is 13.2 Å². The molecule has 2 N–H and O–H groups in total. The van der Waals surface area contributed by atoms with Crippen molar-refractivity contribution in [2.45, 2.75) is 26.4 Å². The Morgan fingerprint density at radius 2 is 2.20 bits per heavy atom. The minimum absolute atomic E-state index is 0. The molecular formula is C7H16ClNO. The highest BCUT2D eigenvalue weighted by Crippen LogP contribution is 2.32. The third-order valence-electron chi connectivity index (χ3n) is 2.15. The first kappa shape index (κ1) is 10.2. The molecule has 0 bridgehead atoms. The van der Waals surface area contributed by atoms with Gasteiger partial charge in [0.05, 0.1) is 6.10 Å². The van der Waals surface area contributed by atoms with E-state index in [0.717, 1.165) is 13.0 Å². The number of hydrogen-bond acceptors (Lipinski definition) is 2. The molecule has 1 aliphatic heterocycles. The molecule has 0 aromatic carbocycles. The molecule has 1 heterocycles. The molecule has 0 aromatic heterocycles. The molecule has 0 spiro atoms. The van der Waals surface area contributed by atoms with Crippen molar-refractivity contribution in [1.29, 1.82) is 0 Å². The van der Waals surface area contributed by atoms with Crippen LogP contribution in [0.2, 0.25) is 0 Å². The lowest BCUT2D eigenvalue weighted by atomic mass is 9.86. The van der Waals surface area contributed by atoms with Crippen LogP contribution >= 0.6 is 12.4 Å². The Kier molecular flexibility index (Phi) is 3.63. The first-order chi connectivity index (χ1) is 4.17. The van der Waals surface area contributed by atoms with Crippen LogP contribution in [-0.4, -0.2) is 19.3 Å². The second-order valence-electron chi connectivity index (χ2n) is 3.33. The van der Waals surface area contributed by atoms with Gasteiger partial charge in [0, 0.05) is 13.2 Å². The molecular weight excluding hydrogens is 150 g/mol. The summed E-state index contributed by atoms with van der Waals surface area (Å²) in [7, 11) is 0. The molecule has 0 amide bonds. The zero-order valence-corrected chi connectivity index (χ0v) is 7.41. The molecule has 1 rings (SSSR count). The summed E-state index contributed by atoms with van der Waals surface area (Å²) in [4.78, 5) is 0. The minimum Gasteiger partial charge on any atom is -0.376 e. The highest BCUT2D eigenvalue weighted by atomic mass is 35.5. The third-order valence-corrected chi connectivity index (χ3v) is 2.15. The lowest BCUT2D eigenvalue weighted by Crippen LogP contribution is -2.31. The van der Waals surface area contributed by atoms with Gasteiger partial charge in [0.25, 0.3) is 0 Å². The molecule has 0 saturated carbocycles. The Morgan fingerprint density at radius 1 is 1.60 bits per heavy atom. The maximum Gasteiger partial charge on any atom is 0.0748 e. The van der Waals surface area contributed by atoms with Crippen molar-refractivity contribution >= 4 is 12.4 Å². The summed E-state index contributed by atoms with van der Waals surface area (Å²) in [5.41, 5.74) is 5.80. The molecule has 0 aliphatic carbocycles. The van der Waals surface area contributed by atoms with Crippen LogP contribution in [0.5, 0.6) is 0 Å². The van der Waals surface area contributed by atoms with Crippen LogP contribution in [0.25, 0.3) is 0 Å². The number of ether oxygens (including phenoxy) is 1. The Labute approximate surface area is 68.5 Å². The van der Waals surface area contributed by atoms with Crippen LogP contribution in [0, 0.1) is 5.41 Å². The van der Waals surface area contributed by atoms with Crippen LogP contribution < -0.4 is 5.73 Å². The van der Waals surface area contributed by atoms with Crippen molar-refractivity contribution in [2.24, 2.45) is 11.1 Å². The fourth-order valence-electron chi connectivity index (χ4n) is 1.24. The molecule has 10 heavy (non-hydrogen) atoms. The fraction of sp³-hybridized carbons (Fsp3) is 1.00. The molecule has 0 radical (unpaired) electrons. The molecule has 1 saturated heterocycles. The zero-order valence-electron chi connectivity index (χ0n) is 6.59. The molecule has 1 fully saturated rings. The predicted octanol–water partition coefficient (Wildman–Crippen LogP) is 1.18. The summed E-state index contributed by atoms with van der Waals surface area (Å²) >= 11 is 0. The molecule has 62 valence electrons. The topological polar surface area (TPSA) is 35.2 Å². The van der Waals surface area contributed by atoms with Crippen LogP contribution in [0.4, 0.5) is 0 Å². The van der Waals surface area contributed by atoms with E-state index in [0.29, 0.717) is 12.0 Å². The Bertz CT molecular complexity index is 106. The maximum absolute atomic E-state index is 5.48. The molecule has 0 unspecified atom stereocenters. The summed E-state index contributed by atoms with van der Waals surface area (Å²) < 4.78 is 5.39. The summed E-state index contributed by atoms with van der Waals surface area (Å²) in [5, 5.41) is 0. The monoisotopic (exact) mass is 165 g/mol.